The van der Waals surface area contributed by atoms with Crippen molar-refractivity contribution in [2.45, 2.75) is 0 Å². The Balaban J connectivity index is 1.82. The second-order valence-electron chi connectivity index (χ2n) is 4.44. The van der Waals surface area contributed by atoms with E-state index in [-0.39, 0.29) is 0 Å². The molecule has 0 saturated carbocycles. The summed E-state index contributed by atoms with van der Waals surface area (Å²) in [6, 6.07) is 9.90. The van der Waals surface area contributed by atoms with Crippen LogP contribution in [0.1, 0.15) is 0 Å². The summed E-state index contributed by atoms with van der Waals surface area (Å²) >= 11 is 6.09. The van der Waals surface area contributed by atoms with Crippen molar-refractivity contribution in [3.63, 3.8) is 0 Å². The first-order valence-electron chi connectivity index (χ1n) is 6.29. The van der Waals surface area contributed by atoms with E-state index in [1.165, 1.54) is 6.33 Å². The van der Waals surface area contributed by atoms with Gasteiger partial charge in [-0.2, -0.15) is 9.97 Å². The number of pyridine rings is 1. The predicted octanol–water partition coefficient (Wildman–Crippen LogP) is 3.30. The number of aromatic nitrogens is 5. The fourth-order valence-electron chi connectivity index (χ4n) is 2.18. The molecule has 3 aromatic heterocycles. The average molecular weight is 297 g/mol. The van der Waals surface area contributed by atoms with Gasteiger partial charge in [0.1, 0.15) is 11.3 Å². The van der Waals surface area contributed by atoms with Gasteiger partial charge in [0.05, 0.1) is 6.33 Å². The van der Waals surface area contributed by atoms with Gasteiger partial charge in [0.25, 0.3) is 0 Å². The summed E-state index contributed by atoms with van der Waals surface area (Å²) < 4.78 is 0. The summed E-state index contributed by atoms with van der Waals surface area (Å²) in [5.41, 5.74) is 1.13. The van der Waals surface area contributed by atoms with Crippen LogP contribution in [-0.4, -0.2) is 24.9 Å². The molecule has 0 fully saturated rings. The van der Waals surface area contributed by atoms with E-state index in [4.69, 9.17) is 11.6 Å². The van der Waals surface area contributed by atoms with Gasteiger partial charge < -0.3 is 10.3 Å². The molecule has 7 heteroatoms. The van der Waals surface area contributed by atoms with E-state index >= 15 is 0 Å². The zero-order valence-corrected chi connectivity index (χ0v) is 11.5. The summed E-state index contributed by atoms with van der Waals surface area (Å²) in [6.45, 7) is 0. The zero-order valence-electron chi connectivity index (χ0n) is 10.7. The van der Waals surface area contributed by atoms with Crippen LogP contribution in [0, 0.1) is 0 Å². The van der Waals surface area contributed by atoms with E-state index in [9.17, 15) is 0 Å². The van der Waals surface area contributed by atoms with E-state index < -0.39 is 0 Å². The monoisotopic (exact) mass is 296 g/mol. The molecule has 4 aromatic rings. The van der Waals surface area contributed by atoms with Crippen molar-refractivity contribution in [1.82, 2.24) is 24.9 Å². The Morgan fingerprint density at radius 1 is 1.05 bits per heavy atom. The molecular weight excluding hydrogens is 288 g/mol. The molecule has 0 aliphatic carbocycles. The quantitative estimate of drug-likeness (QED) is 0.555. The van der Waals surface area contributed by atoms with Crippen molar-refractivity contribution in [3.8, 4) is 0 Å². The third kappa shape index (κ3) is 2.05. The van der Waals surface area contributed by atoms with Crippen molar-refractivity contribution in [1.29, 1.82) is 0 Å². The lowest BCUT2D eigenvalue weighted by atomic mass is 10.1. The highest BCUT2D eigenvalue weighted by molar-refractivity contribution is 6.33. The smallest absolute Gasteiger partial charge is 0.231 e. The van der Waals surface area contributed by atoms with Crippen molar-refractivity contribution in [2.75, 3.05) is 5.32 Å². The van der Waals surface area contributed by atoms with Gasteiger partial charge in [-0.3, -0.25) is 0 Å². The van der Waals surface area contributed by atoms with Crippen LogP contribution in [0.5, 0.6) is 0 Å². The molecule has 4 rings (SSSR count). The summed E-state index contributed by atoms with van der Waals surface area (Å²) in [5.74, 6) is 1.06. The molecular formula is C14H9ClN6. The number of imidazole rings is 1. The topological polar surface area (TPSA) is 79.4 Å². The first-order valence-corrected chi connectivity index (χ1v) is 6.66. The van der Waals surface area contributed by atoms with E-state index in [1.54, 1.807) is 6.20 Å². The van der Waals surface area contributed by atoms with Gasteiger partial charge in [-0.1, -0.05) is 35.9 Å². The largest absolute Gasteiger partial charge is 0.329 e. The van der Waals surface area contributed by atoms with Crippen LogP contribution in [0.25, 0.3) is 21.9 Å². The fourth-order valence-corrected chi connectivity index (χ4v) is 2.40. The molecule has 102 valence electrons. The van der Waals surface area contributed by atoms with Crippen molar-refractivity contribution >= 4 is 45.3 Å². The van der Waals surface area contributed by atoms with Gasteiger partial charge in [0.15, 0.2) is 10.8 Å². The number of rotatable bonds is 2. The second kappa shape index (κ2) is 4.68. The highest BCUT2D eigenvalue weighted by Crippen LogP contribution is 2.24. The number of fused-ring (bicyclic) bond motifs is 2. The maximum absolute atomic E-state index is 6.09. The lowest BCUT2D eigenvalue weighted by molar-refractivity contribution is 1.18. The molecule has 0 saturated heterocycles. The summed E-state index contributed by atoms with van der Waals surface area (Å²) in [4.78, 5) is 19.8. The predicted molar refractivity (Wildman–Crippen MR) is 81.7 cm³/mol. The van der Waals surface area contributed by atoms with Gasteiger partial charge in [-0.15, -0.1) is 0 Å². The lowest BCUT2D eigenvalue weighted by Gasteiger charge is -2.07. The number of nitrogens with one attached hydrogen (secondary N) is 2. The van der Waals surface area contributed by atoms with Gasteiger partial charge in [0, 0.05) is 11.6 Å². The van der Waals surface area contributed by atoms with Crippen LogP contribution in [0.4, 0.5) is 11.8 Å². The van der Waals surface area contributed by atoms with Gasteiger partial charge in [-0.25, -0.2) is 9.97 Å². The third-order valence-electron chi connectivity index (χ3n) is 3.14. The van der Waals surface area contributed by atoms with Crippen LogP contribution < -0.4 is 5.32 Å². The second-order valence-corrected chi connectivity index (χ2v) is 4.80. The minimum Gasteiger partial charge on any atom is -0.329 e. The summed E-state index contributed by atoms with van der Waals surface area (Å²) in [7, 11) is 0. The van der Waals surface area contributed by atoms with Crippen LogP contribution in [0.3, 0.4) is 0 Å². The summed E-state index contributed by atoms with van der Waals surface area (Å²) in [5, 5.41) is 5.48. The Morgan fingerprint density at radius 2 is 1.95 bits per heavy atom. The Morgan fingerprint density at radius 3 is 2.90 bits per heavy atom. The summed E-state index contributed by atoms with van der Waals surface area (Å²) in [6.07, 6.45) is 3.27. The van der Waals surface area contributed by atoms with Crippen molar-refractivity contribution < 1.29 is 0 Å². The molecule has 0 unspecified atom stereocenters. The molecule has 0 spiro atoms. The van der Waals surface area contributed by atoms with E-state index in [0.29, 0.717) is 28.1 Å². The Bertz CT molecular complexity index is 943. The van der Waals surface area contributed by atoms with Gasteiger partial charge in [-0.05, 0) is 11.5 Å². The van der Waals surface area contributed by atoms with E-state index in [0.717, 1.165) is 10.8 Å². The number of aromatic amines is 1. The first-order chi connectivity index (χ1) is 10.3. The molecule has 21 heavy (non-hydrogen) atoms. The highest BCUT2D eigenvalue weighted by atomic mass is 35.5. The molecule has 0 aliphatic heterocycles. The number of halogens is 1. The number of nitrogens with zero attached hydrogens (tertiary/aromatic N) is 4. The SMILES string of the molecule is Clc1nc(Nc2nccc3ccccc23)nc2[nH]cnc12. The van der Waals surface area contributed by atoms with E-state index in [2.05, 4.69) is 30.2 Å². The van der Waals surface area contributed by atoms with Crippen molar-refractivity contribution in [3.05, 3.63) is 48.0 Å². The van der Waals surface area contributed by atoms with Gasteiger partial charge >= 0.3 is 0 Å². The molecule has 0 radical (unpaired) electrons. The van der Waals surface area contributed by atoms with Crippen LogP contribution in [0.2, 0.25) is 5.15 Å². The zero-order chi connectivity index (χ0) is 14.2. The Hall–Kier alpha value is -2.73. The molecule has 0 aliphatic rings. The van der Waals surface area contributed by atoms with Crippen LogP contribution in [0.15, 0.2) is 42.9 Å². The van der Waals surface area contributed by atoms with Crippen LogP contribution in [-0.2, 0) is 0 Å². The number of benzene rings is 1. The Labute approximate surface area is 124 Å². The molecule has 6 nitrogen and oxygen atoms in total. The van der Waals surface area contributed by atoms with E-state index in [1.807, 2.05) is 30.3 Å². The molecule has 3 heterocycles. The minimum absolute atomic E-state index is 0.295. The first kappa shape index (κ1) is 12.0. The number of hydrogen-bond donors (Lipinski definition) is 2. The normalized spacial score (nSPS) is 11.1. The Kier molecular flexibility index (Phi) is 2.68. The van der Waals surface area contributed by atoms with Gasteiger partial charge in [0.2, 0.25) is 5.95 Å². The third-order valence-corrected chi connectivity index (χ3v) is 3.40. The number of hydrogen-bond acceptors (Lipinski definition) is 5. The number of H-pyrrole nitrogens is 1. The molecule has 0 amide bonds. The standard InChI is InChI=1S/C14H9ClN6/c15-11-10-13(18-7-17-10)21-14(19-11)20-12-9-4-2-1-3-8(9)5-6-16-12/h1-7H,(H2,16,17,18,19,20,21). The average Bonchev–Trinajstić information content (AvgIpc) is 2.97. The van der Waals surface area contributed by atoms with Crippen molar-refractivity contribution in [2.24, 2.45) is 0 Å². The minimum atomic E-state index is 0.295. The fraction of sp³-hybridized carbons (Fsp3) is 0. The molecule has 0 atom stereocenters. The maximum atomic E-state index is 6.09. The van der Waals surface area contributed by atoms with Crippen LogP contribution >= 0.6 is 11.6 Å². The maximum Gasteiger partial charge on any atom is 0.231 e. The molecule has 1 aromatic carbocycles. The number of anilines is 2. The molecule has 2 N–H and O–H groups in total. The highest BCUT2D eigenvalue weighted by Gasteiger charge is 2.10. The molecule has 0 bridgehead atoms. The lowest BCUT2D eigenvalue weighted by Crippen LogP contribution is -2.00.